The van der Waals surface area contributed by atoms with Gasteiger partial charge < -0.3 is 9.47 Å². The van der Waals surface area contributed by atoms with Gasteiger partial charge in [0.1, 0.15) is 18.1 Å². The summed E-state index contributed by atoms with van der Waals surface area (Å²) in [7, 11) is 0. The number of carbonyl (C=O) groups excluding carboxylic acids is 3. The highest BCUT2D eigenvalue weighted by molar-refractivity contribution is 9.10. The number of imide groups is 1. The van der Waals surface area contributed by atoms with E-state index >= 15 is 0 Å². The molecular weight excluding hydrogens is 590 g/mol. The summed E-state index contributed by atoms with van der Waals surface area (Å²) in [6, 6.07) is 25.1. The molecule has 1 heterocycles. The normalized spacial score (nSPS) is 14.4. The van der Waals surface area contributed by atoms with Gasteiger partial charge in [-0.25, -0.2) is 4.79 Å². The fraction of sp³-hybridized carbons (Fsp3) is 0.0690. The molecule has 0 radical (unpaired) electrons. The summed E-state index contributed by atoms with van der Waals surface area (Å²) in [6.45, 7) is 0.161. The minimum absolute atomic E-state index is 0.0641. The SMILES string of the molecule is O=C(Oc1ccc(Br)cc1/C=C1\SC(=O)N(CCOc2ccccc2Cl)C1=O)c1cccc2ccccc12. The Balaban J connectivity index is 1.34. The molecule has 1 aliphatic heterocycles. The Kier molecular flexibility index (Phi) is 7.83. The zero-order chi connectivity index (χ0) is 26.6. The van der Waals surface area contributed by atoms with Gasteiger partial charge in [-0.1, -0.05) is 76.1 Å². The molecule has 0 saturated carbocycles. The summed E-state index contributed by atoms with van der Waals surface area (Å²) in [5.74, 6) is -0.235. The molecule has 9 heteroatoms. The number of carbonyl (C=O) groups is 3. The summed E-state index contributed by atoms with van der Waals surface area (Å²) >= 11 is 10.3. The number of para-hydroxylation sites is 1. The molecule has 0 spiro atoms. The van der Waals surface area contributed by atoms with Crippen LogP contribution in [0.1, 0.15) is 15.9 Å². The Morgan fingerprint density at radius 3 is 2.55 bits per heavy atom. The van der Waals surface area contributed by atoms with E-state index in [-0.39, 0.29) is 23.8 Å². The molecule has 4 aromatic rings. The number of rotatable bonds is 7. The van der Waals surface area contributed by atoms with Crippen molar-refractivity contribution >= 4 is 73.3 Å². The average Bonchev–Trinajstić information content (AvgIpc) is 3.18. The van der Waals surface area contributed by atoms with Crippen molar-refractivity contribution in [2.45, 2.75) is 0 Å². The van der Waals surface area contributed by atoms with Crippen molar-refractivity contribution in [3.63, 3.8) is 0 Å². The Morgan fingerprint density at radius 1 is 0.947 bits per heavy atom. The van der Waals surface area contributed by atoms with Gasteiger partial charge in [0.15, 0.2) is 0 Å². The van der Waals surface area contributed by atoms with Gasteiger partial charge >= 0.3 is 5.97 Å². The van der Waals surface area contributed by atoms with E-state index in [0.717, 1.165) is 31.9 Å². The molecule has 38 heavy (non-hydrogen) atoms. The number of ether oxygens (including phenoxy) is 2. The van der Waals surface area contributed by atoms with Crippen LogP contribution in [0.5, 0.6) is 11.5 Å². The number of hydrogen-bond acceptors (Lipinski definition) is 6. The van der Waals surface area contributed by atoms with Crippen molar-refractivity contribution in [1.82, 2.24) is 4.90 Å². The molecule has 1 saturated heterocycles. The second-order valence-electron chi connectivity index (χ2n) is 8.21. The van der Waals surface area contributed by atoms with Gasteiger partial charge in [0.25, 0.3) is 11.1 Å². The predicted octanol–water partition coefficient (Wildman–Crippen LogP) is 7.59. The zero-order valence-electron chi connectivity index (χ0n) is 19.7. The van der Waals surface area contributed by atoms with Crippen LogP contribution < -0.4 is 9.47 Å². The molecule has 0 unspecified atom stereocenters. The summed E-state index contributed by atoms with van der Waals surface area (Å²) in [4.78, 5) is 40.1. The quantitative estimate of drug-likeness (QED) is 0.122. The van der Waals surface area contributed by atoms with Gasteiger partial charge in [0.05, 0.1) is 22.0 Å². The third-order valence-electron chi connectivity index (χ3n) is 5.75. The molecule has 190 valence electrons. The average molecular weight is 609 g/mol. The van der Waals surface area contributed by atoms with Crippen LogP contribution in [0.2, 0.25) is 5.02 Å². The maximum absolute atomic E-state index is 13.1. The number of amides is 2. The largest absolute Gasteiger partial charge is 0.490 e. The first kappa shape index (κ1) is 26.0. The van der Waals surface area contributed by atoms with Gasteiger partial charge in [-0.3, -0.25) is 14.5 Å². The molecule has 1 aliphatic rings. The minimum Gasteiger partial charge on any atom is -0.490 e. The number of fused-ring (bicyclic) bond motifs is 1. The number of halogens is 2. The lowest BCUT2D eigenvalue weighted by Gasteiger charge is -2.14. The number of hydrogen-bond donors (Lipinski definition) is 0. The number of benzene rings is 4. The first-order valence-electron chi connectivity index (χ1n) is 11.5. The molecule has 0 N–H and O–H groups in total. The molecule has 0 aliphatic carbocycles. The maximum atomic E-state index is 13.1. The van der Waals surface area contributed by atoms with E-state index in [1.807, 2.05) is 30.3 Å². The molecule has 2 amide bonds. The van der Waals surface area contributed by atoms with Crippen LogP contribution in [0, 0.1) is 0 Å². The summed E-state index contributed by atoms with van der Waals surface area (Å²) < 4.78 is 12.1. The molecule has 0 aromatic heterocycles. The predicted molar refractivity (Wildman–Crippen MR) is 153 cm³/mol. The monoisotopic (exact) mass is 607 g/mol. The smallest absolute Gasteiger partial charge is 0.344 e. The number of esters is 1. The van der Waals surface area contributed by atoms with E-state index < -0.39 is 17.1 Å². The lowest BCUT2D eigenvalue weighted by atomic mass is 10.0. The van der Waals surface area contributed by atoms with E-state index in [1.54, 1.807) is 60.7 Å². The third-order valence-corrected chi connectivity index (χ3v) is 7.47. The minimum atomic E-state index is -0.524. The van der Waals surface area contributed by atoms with E-state index in [4.69, 9.17) is 21.1 Å². The lowest BCUT2D eigenvalue weighted by Crippen LogP contribution is -2.32. The Morgan fingerprint density at radius 2 is 1.71 bits per heavy atom. The fourth-order valence-electron chi connectivity index (χ4n) is 3.93. The first-order valence-corrected chi connectivity index (χ1v) is 13.5. The molecule has 5 rings (SSSR count). The summed E-state index contributed by atoms with van der Waals surface area (Å²) in [5.41, 5.74) is 0.904. The van der Waals surface area contributed by atoms with Crippen molar-refractivity contribution in [3.05, 3.63) is 110 Å². The highest BCUT2D eigenvalue weighted by Gasteiger charge is 2.35. The van der Waals surface area contributed by atoms with E-state index in [0.29, 0.717) is 21.9 Å². The summed E-state index contributed by atoms with van der Waals surface area (Å²) in [6.07, 6.45) is 1.55. The zero-order valence-corrected chi connectivity index (χ0v) is 22.9. The second-order valence-corrected chi connectivity index (χ2v) is 10.5. The van der Waals surface area contributed by atoms with Crippen molar-refractivity contribution < 1.29 is 23.9 Å². The van der Waals surface area contributed by atoms with E-state index in [2.05, 4.69) is 15.9 Å². The van der Waals surface area contributed by atoms with E-state index in [9.17, 15) is 14.4 Å². The van der Waals surface area contributed by atoms with Crippen molar-refractivity contribution in [2.75, 3.05) is 13.2 Å². The number of nitrogens with zero attached hydrogens (tertiary/aromatic N) is 1. The summed E-state index contributed by atoms with van der Waals surface area (Å²) in [5, 5.41) is 1.74. The van der Waals surface area contributed by atoms with Gasteiger partial charge in [0, 0.05) is 10.0 Å². The van der Waals surface area contributed by atoms with Gasteiger partial charge in [-0.05, 0) is 65.0 Å². The topological polar surface area (TPSA) is 72.9 Å². The molecule has 0 bridgehead atoms. The van der Waals surface area contributed by atoms with E-state index in [1.165, 1.54) is 0 Å². The lowest BCUT2D eigenvalue weighted by molar-refractivity contribution is -0.123. The fourth-order valence-corrected chi connectivity index (χ4v) is 5.35. The van der Waals surface area contributed by atoms with Crippen molar-refractivity contribution in [1.29, 1.82) is 0 Å². The van der Waals surface area contributed by atoms with Crippen LogP contribution >= 0.6 is 39.3 Å². The second kappa shape index (κ2) is 11.4. The molecule has 1 fully saturated rings. The third kappa shape index (κ3) is 5.62. The Hall–Kier alpha value is -3.59. The molecular formula is C29H19BrClNO5S. The molecule has 0 atom stereocenters. The van der Waals surface area contributed by atoms with Crippen LogP contribution in [-0.4, -0.2) is 35.2 Å². The Labute approximate surface area is 236 Å². The maximum Gasteiger partial charge on any atom is 0.344 e. The van der Waals surface area contributed by atoms with Crippen molar-refractivity contribution in [3.8, 4) is 11.5 Å². The van der Waals surface area contributed by atoms with Crippen LogP contribution in [0.3, 0.4) is 0 Å². The van der Waals surface area contributed by atoms with Gasteiger partial charge in [-0.15, -0.1) is 0 Å². The van der Waals surface area contributed by atoms with Crippen molar-refractivity contribution in [2.24, 2.45) is 0 Å². The highest BCUT2D eigenvalue weighted by Crippen LogP contribution is 2.35. The number of thioether (sulfide) groups is 1. The van der Waals surface area contributed by atoms with Crippen LogP contribution in [0.15, 0.2) is 94.3 Å². The standard InChI is InChI=1S/C29H19BrClNO5S/c30-20-12-13-24(37-28(34)22-9-5-7-18-6-1-2-8-21(18)22)19(16-20)17-26-27(33)32(29(35)38-26)14-15-36-25-11-4-3-10-23(25)31/h1-13,16-17H,14-15H2/b26-17-. The first-order chi connectivity index (χ1) is 18.4. The van der Waals surface area contributed by atoms with Crippen LogP contribution in [-0.2, 0) is 4.79 Å². The molecule has 4 aromatic carbocycles. The molecule has 6 nitrogen and oxygen atoms in total. The highest BCUT2D eigenvalue weighted by atomic mass is 79.9. The van der Waals surface area contributed by atoms with Gasteiger partial charge in [0.2, 0.25) is 0 Å². The van der Waals surface area contributed by atoms with Gasteiger partial charge in [-0.2, -0.15) is 0 Å². The van der Waals surface area contributed by atoms with Crippen LogP contribution in [0.25, 0.3) is 16.8 Å². The Bertz CT molecular complexity index is 1600. The van der Waals surface area contributed by atoms with Crippen LogP contribution in [0.4, 0.5) is 4.79 Å².